The van der Waals surface area contributed by atoms with E-state index in [-0.39, 0.29) is 5.84 Å². The Balaban J connectivity index is 2.29. The van der Waals surface area contributed by atoms with E-state index in [2.05, 4.69) is 28.9 Å². The topological polar surface area (TPSA) is 69.2 Å². The molecule has 0 fully saturated rings. The molecule has 0 amide bonds. The van der Waals surface area contributed by atoms with Gasteiger partial charge in [0, 0.05) is 24.5 Å². The first-order valence-electron chi connectivity index (χ1n) is 7.09. The first kappa shape index (κ1) is 15.3. The number of nitrogens with two attached hydrogens (primary N) is 1. The zero-order valence-corrected chi connectivity index (χ0v) is 12.9. The van der Waals surface area contributed by atoms with Gasteiger partial charge in [-0.05, 0) is 39.2 Å². The summed E-state index contributed by atoms with van der Waals surface area (Å²) in [6.45, 7) is 1.96. The number of nitrogens with one attached hydrogen (secondary N) is 1. The third-order valence-electron chi connectivity index (χ3n) is 3.48. The standard InChI is InChI=1S/C16H23N5/c1-20(2)9-6-10-21(3)15-11-13(16(17)18)12-7-4-5-8-14(12)19-15/h4-5,7-8,11H,6,9-10H2,1-3H3,(H3,17,18). The maximum atomic E-state index is 7.77. The van der Waals surface area contributed by atoms with Crippen molar-refractivity contribution in [1.82, 2.24) is 9.88 Å². The van der Waals surface area contributed by atoms with E-state index in [0.29, 0.717) is 0 Å². The van der Waals surface area contributed by atoms with Crippen molar-refractivity contribution in [3.8, 4) is 0 Å². The summed E-state index contributed by atoms with van der Waals surface area (Å²) in [6, 6.07) is 9.71. The molecular weight excluding hydrogens is 262 g/mol. The number of fused-ring (bicyclic) bond motifs is 1. The van der Waals surface area contributed by atoms with Gasteiger partial charge in [-0.2, -0.15) is 0 Å². The molecular formula is C16H23N5. The fourth-order valence-electron chi connectivity index (χ4n) is 2.32. The number of aromatic nitrogens is 1. The fourth-order valence-corrected chi connectivity index (χ4v) is 2.32. The van der Waals surface area contributed by atoms with Crippen LogP contribution in [0.1, 0.15) is 12.0 Å². The van der Waals surface area contributed by atoms with Crippen LogP contribution in [0.4, 0.5) is 5.82 Å². The van der Waals surface area contributed by atoms with Gasteiger partial charge < -0.3 is 15.5 Å². The molecule has 0 unspecified atom stereocenters. The summed E-state index contributed by atoms with van der Waals surface area (Å²) in [5, 5.41) is 8.70. The van der Waals surface area contributed by atoms with Gasteiger partial charge in [-0.3, -0.25) is 5.41 Å². The van der Waals surface area contributed by atoms with Gasteiger partial charge in [0.05, 0.1) is 5.52 Å². The number of nitrogen functional groups attached to an aromatic ring is 1. The van der Waals surface area contributed by atoms with Gasteiger partial charge in [0.15, 0.2) is 0 Å². The molecule has 0 spiro atoms. The van der Waals surface area contributed by atoms with Crippen LogP contribution in [-0.4, -0.2) is 50.0 Å². The Labute approximate surface area is 125 Å². The minimum atomic E-state index is 0.0801. The van der Waals surface area contributed by atoms with Crippen molar-refractivity contribution >= 4 is 22.6 Å². The maximum Gasteiger partial charge on any atom is 0.129 e. The van der Waals surface area contributed by atoms with Gasteiger partial charge >= 0.3 is 0 Å². The Morgan fingerprint density at radius 2 is 1.90 bits per heavy atom. The lowest BCUT2D eigenvalue weighted by atomic mass is 10.1. The molecule has 2 rings (SSSR count). The summed E-state index contributed by atoms with van der Waals surface area (Å²) in [5.74, 6) is 0.939. The predicted octanol–water partition coefficient (Wildman–Crippen LogP) is 1.91. The van der Waals surface area contributed by atoms with Crippen LogP contribution in [0.2, 0.25) is 0 Å². The zero-order valence-electron chi connectivity index (χ0n) is 12.9. The van der Waals surface area contributed by atoms with E-state index in [1.165, 1.54) is 0 Å². The van der Waals surface area contributed by atoms with Crippen LogP contribution in [0.15, 0.2) is 30.3 Å². The highest BCUT2D eigenvalue weighted by atomic mass is 15.2. The van der Waals surface area contributed by atoms with Crippen molar-refractivity contribution in [2.45, 2.75) is 6.42 Å². The number of anilines is 1. The quantitative estimate of drug-likeness (QED) is 0.628. The van der Waals surface area contributed by atoms with E-state index >= 15 is 0 Å². The van der Waals surface area contributed by atoms with Gasteiger partial charge in [0.2, 0.25) is 0 Å². The smallest absolute Gasteiger partial charge is 0.129 e. The van der Waals surface area contributed by atoms with E-state index in [0.717, 1.165) is 41.8 Å². The molecule has 0 aliphatic carbocycles. The molecule has 0 atom stereocenters. The summed E-state index contributed by atoms with van der Waals surface area (Å²) in [6.07, 6.45) is 1.06. The number of rotatable bonds is 6. The Morgan fingerprint density at radius 1 is 1.19 bits per heavy atom. The molecule has 0 aliphatic rings. The highest BCUT2D eigenvalue weighted by Crippen LogP contribution is 2.22. The van der Waals surface area contributed by atoms with Gasteiger partial charge in [-0.15, -0.1) is 0 Å². The molecule has 1 aromatic carbocycles. The van der Waals surface area contributed by atoms with E-state index in [4.69, 9.17) is 11.1 Å². The van der Waals surface area contributed by atoms with Crippen LogP contribution >= 0.6 is 0 Å². The van der Waals surface area contributed by atoms with Crippen molar-refractivity contribution in [3.63, 3.8) is 0 Å². The molecule has 5 nitrogen and oxygen atoms in total. The highest BCUT2D eigenvalue weighted by Gasteiger charge is 2.10. The van der Waals surface area contributed by atoms with Crippen molar-refractivity contribution in [2.75, 3.05) is 39.1 Å². The zero-order chi connectivity index (χ0) is 15.4. The van der Waals surface area contributed by atoms with Crippen LogP contribution in [0.25, 0.3) is 10.9 Å². The van der Waals surface area contributed by atoms with Crippen molar-refractivity contribution < 1.29 is 0 Å². The molecule has 0 radical (unpaired) electrons. The number of pyridine rings is 1. The Bertz CT molecular complexity index is 636. The Morgan fingerprint density at radius 3 is 2.57 bits per heavy atom. The lowest BCUT2D eigenvalue weighted by Gasteiger charge is -2.21. The molecule has 21 heavy (non-hydrogen) atoms. The van der Waals surface area contributed by atoms with Gasteiger partial charge in [-0.25, -0.2) is 4.98 Å². The van der Waals surface area contributed by atoms with Crippen LogP contribution in [0.3, 0.4) is 0 Å². The largest absolute Gasteiger partial charge is 0.384 e. The second-order valence-electron chi connectivity index (χ2n) is 5.54. The number of nitrogens with zero attached hydrogens (tertiary/aromatic N) is 3. The molecule has 0 aliphatic heterocycles. The Kier molecular flexibility index (Phi) is 4.75. The van der Waals surface area contributed by atoms with Crippen LogP contribution < -0.4 is 10.6 Å². The van der Waals surface area contributed by atoms with E-state index in [9.17, 15) is 0 Å². The molecule has 1 aromatic heterocycles. The normalized spacial score (nSPS) is 11.0. The summed E-state index contributed by atoms with van der Waals surface area (Å²) in [4.78, 5) is 8.96. The lowest BCUT2D eigenvalue weighted by Crippen LogP contribution is -2.24. The third kappa shape index (κ3) is 3.70. The summed E-state index contributed by atoms with van der Waals surface area (Å²) >= 11 is 0. The molecule has 5 heteroatoms. The molecule has 0 saturated carbocycles. The minimum Gasteiger partial charge on any atom is -0.384 e. The van der Waals surface area contributed by atoms with E-state index in [1.807, 2.05) is 37.4 Å². The second-order valence-corrected chi connectivity index (χ2v) is 5.54. The van der Waals surface area contributed by atoms with Crippen LogP contribution in [0.5, 0.6) is 0 Å². The first-order valence-corrected chi connectivity index (χ1v) is 7.09. The number of para-hydroxylation sites is 1. The van der Waals surface area contributed by atoms with Crippen molar-refractivity contribution in [3.05, 3.63) is 35.9 Å². The average molecular weight is 285 g/mol. The molecule has 3 N–H and O–H groups in total. The average Bonchev–Trinajstić information content (AvgIpc) is 2.45. The molecule has 112 valence electrons. The monoisotopic (exact) mass is 285 g/mol. The predicted molar refractivity (Wildman–Crippen MR) is 89.2 cm³/mol. The van der Waals surface area contributed by atoms with Gasteiger partial charge in [0.25, 0.3) is 0 Å². The van der Waals surface area contributed by atoms with E-state index < -0.39 is 0 Å². The van der Waals surface area contributed by atoms with Crippen molar-refractivity contribution in [2.24, 2.45) is 5.73 Å². The third-order valence-corrected chi connectivity index (χ3v) is 3.48. The minimum absolute atomic E-state index is 0.0801. The molecule has 0 bridgehead atoms. The molecule has 2 aromatic rings. The lowest BCUT2D eigenvalue weighted by molar-refractivity contribution is 0.401. The Hall–Kier alpha value is -2.14. The summed E-state index contributed by atoms with van der Waals surface area (Å²) in [7, 11) is 6.17. The number of amidine groups is 1. The van der Waals surface area contributed by atoms with Crippen molar-refractivity contribution in [1.29, 1.82) is 5.41 Å². The number of benzene rings is 1. The highest BCUT2D eigenvalue weighted by molar-refractivity contribution is 6.07. The van der Waals surface area contributed by atoms with Gasteiger partial charge in [0.1, 0.15) is 11.7 Å². The van der Waals surface area contributed by atoms with E-state index in [1.54, 1.807) is 0 Å². The maximum absolute atomic E-state index is 7.77. The fraction of sp³-hybridized carbons (Fsp3) is 0.375. The second kappa shape index (κ2) is 6.54. The SMILES string of the molecule is CN(C)CCCN(C)c1cc(C(=N)N)c2ccccc2n1. The molecule has 0 saturated heterocycles. The summed E-state index contributed by atoms with van der Waals surface area (Å²) in [5.41, 5.74) is 7.34. The van der Waals surface area contributed by atoms with Crippen LogP contribution in [0, 0.1) is 5.41 Å². The number of hydrogen-bond acceptors (Lipinski definition) is 4. The first-order chi connectivity index (χ1) is 9.99. The van der Waals surface area contributed by atoms with Crippen LogP contribution in [-0.2, 0) is 0 Å². The van der Waals surface area contributed by atoms with Gasteiger partial charge in [-0.1, -0.05) is 18.2 Å². The molecule has 1 heterocycles. The summed E-state index contributed by atoms with van der Waals surface area (Å²) < 4.78 is 0. The number of hydrogen-bond donors (Lipinski definition) is 2.